The molecule has 2 nitrogen and oxygen atoms in total. The van der Waals surface area contributed by atoms with E-state index in [1.807, 2.05) is 0 Å². The quantitative estimate of drug-likeness (QED) is 0.771. The molecule has 0 saturated heterocycles. The van der Waals surface area contributed by atoms with E-state index in [0.29, 0.717) is 10.8 Å². The number of alkyl halides is 1. The summed E-state index contributed by atoms with van der Waals surface area (Å²) < 4.78 is 5.32. The van der Waals surface area contributed by atoms with E-state index in [9.17, 15) is 4.79 Å². The van der Waals surface area contributed by atoms with Crippen molar-refractivity contribution >= 4 is 29.0 Å². The van der Waals surface area contributed by atoms with Crippen LogP contribution < -0.4 is 4.74 Å². The van der Waals surface area contributed by atoms with Crippen LogP contribution in [-0.4, -0.2) is 11.3 Å². The number of rotatable bonds is 3. The van der Waals surface area contributed by atoms with Crippen molar-refractivity contribution in [2.45, 2.75) is 26.3 Å². The Hall–Kier alpha value is -0.730. The van der Waals surface area contributed by atoms with Gasteiger partial charge in [0.1, 0.15) is 5.75 Å². The summed E-state index contributed by atoms with van der Waals surface area (Å²) in [5.41, 5.74) is -1.55. The van der Waals surface area contributed by atoms with Crippen LogP contribution in [0, 0.1) is 5.41 Å². The average Bonchev–Trinajstić information content (AvgIpc) is 2.19. The van der Waals surface area contributed by atoms with Crippen molar-refractivity contribution < 1.29 is 9.53 Å². The number of hydrogen-bond donors (Lipinski definition) is 0. The summed E-state index contributed by atoms with van der Waals surface area (Å²) in [6, 6.07) is 6.91. The standard InChI is InChI=1S/C12H14Cl2O2/c1-12(2,3)10(15)11(14)16-9-7-5-4-6-8(9)13/h4-7,11H,1-3H3. The van der Waals surface area contributed by atoms with Gasteiger partial charge in [0.05, 0.1) is 5.02 Å². The van der Waals surface area contributed by atoms with Crippen LogP contribution in [0.5, 0.6) is 5.75 Å². The van der Waals surface area contributed by atoms with Crippen LogP contribution in [0.3, 0.4) is 0 Å². The number of ketones is 1. The van der Waals surface area contributed by atoms with E-state index in [0.717, 1.165) is 0 Å². The third-order valence-corrected chi connectivity index (χ3v) is 2.61. The zero-order valence-corrected chi connectivity index (χ0v) is 11.0. The van der Waals surface area contributed by atoms with E-state index in [1.165, 1.54) is 0 Å². The Bertz CT molecular complexity index is 383. The van der Waals surface area contributed by atoms with Crippen molar-refractivity contribution in [3.8, 4) is 5.75 Å². The highest BCUT2D eigenvalue weighted by Crippen LogP contribution is 2.27. The van der Waals surface area contributed by atoms with Gasteiger partial charge >= 0.3 is 0 Å². The molecule has 1 rings (SSSR count). The van der Waals surface area contributed by atoms with E-state index in [-0.39, 0.29) is 5.78 Å². The predicted octanol–water partition coefficient (Wildman–Crippen LogP) is 3.90. The maximum Gasteiger partial charge on any atom is 0.230 e. The summed E-state index contributed by atoms with van der Waals surface area (Å²) in [6.07, 6.45) is 0. The monoisotopic (exact) mass is 260 g/mol. The van der Waals surface area contributed by atoms with Crippen LogP contribution >= 0.6 is 23.2 Å². The molecule has 0 saturated carbocycles. The van der Waals surface area contributed by atoms with E-state index in [1.54, 1.807) is 45.0 Å². The highest BCUT2D eigenvalue weighted by atomic mass is 35.5. The van der Waals surface area contributed by atoms with Crippen molar-refractivity contribution in [3.05, 3.63) is 29.3 Å². The van der Waals surface area contributed by atoms with Crippen LogP contribution in [0.25, 0.3) is 0 Å². The molecule has 0 fully saturated rings. The zero-order chi connectivity index (χ0) is 12.3. The van der Waals surface area contributed by atoms with E-state index in [2.05, 4.69) is 0 Å². The Morgan fingerprint density at radius 2 is 1.88 bits per heavy atom. The van der Waals surface area contributed by atoms with Crippen molar-refractivity contribution in [2.75, 3.05) is 0 Å². The highest BCUT2D eigenvalue weighted by Gasteiger charge is 2.29. The fourth-order valence-electron chi connectivity index (χ4n) is 1.05. The van der Waals surface area contributed by atoms with Gasteiger partial charge in [-0.25, -0.2) is 0 Å². The molecule has 0 heterocycles. The number of ether oxygens (including phenoxy) is 1. The molecule has 0 bridgehead atoms. The number of para-hydroxylation sites is 1. The minimum absolute atomic E-state index is 0.172. The van der Waals surface area contributed by atoms with E-state index >= 15 is 0 Å². The maximum atomic E-state index is 11.8. The Morgan fingerprint density at radius 3 is 2.38 bits per heavy atom. The molecule has 1 aromatic rings. The lowest BCUT2D eigenvalue weighted by Gasteiger charge is -2.21. The van der Waals surface area contributed by atoms with E-state index in [4.69, 9.17) is 27.9 Å². The Labute approximate surface area is 106 Å². The van der Waals surface area contributed by atoms with Crippen LogP contribution in [0.2, 0.25) is 5.02 Å². The van der Waals surface area contributed by atoms with Gasteiger partial charge in [-0.2, -0.15) is 0 Å². The van der Waals surface area contributed by atoms with Crippen LogP contribution in [0.4, 0.5) is 0 Å². The first-order valence-corrected chi connectivity index (χ1v) is 5.73. The van der Waals surface area contributed by atoms with Crippen molar-refractivity contribution in [3.63, 3.8) is 0 Å². The lowest BCUT2D eigenvalue weighted by molar-refractivity contribution is -0.130. The van der Waals surface area contributed by atoms with Gasteiger partial charge in [-0.15, -0.1) is 0 Å². The first-order valence-electron chi connectivity index (χ1n) is 4.92. The summed E-state index contributed by atoms with van der Waals surface area (Å²) in [5.74, 6) is 0.246. The average molecular weight is 261 g/mol. The number of hydrogen-bond acceptors (Lipinski definition) is 2. The highest BCUT2D eigenvalue weighted by molar-refractivity contribution is 6.33. The van der Waals surface area contributed by atoms with Gasteiger partial charge in [0, 0.05) is 5.41 Å². The summed E-state index contributed by atoms with van der Waals surface area (Å²) in [4.78, 5) is 11.8. The van der Waals surface area contributed by atoms with Gasteiger partial charge in [-0.05, 0) is 12.1 Å². The van der Waals surface area contributed by atoms with Crippen molar-refractivity contribution in [2.24, 2.45) is 5.41 Å². The lowest BCUT2D eigenvalue weighted by atomic mass is 9.91. The third-order valence-electron chi connectivity index (χ3n) is 2.01. The van der Waals surface area contributed by atoms with Crippen LogP contribution in [0.15, 0.2) is 24.3 Å². The fraction of sp³-hybridized carbons (Fsp3) is 0.417. The summed E-state index contributed by atoms with van der Waals surface area (Å²) in [6.45, 7) is 5.38. The van der Waals surface area contributed by atoms with Gasteiger partial charge in [0.2, 0.25) is 5.56 Å². The second-order valence-corrected chi connectivity index (χ2v) is 5.28. The SMILES string of the molecule is CC(C)(C)C(=O)C(Cl)Oc1ccccc1Cl. The number of carbonyl (C=O) groups is 1. The van der Waals surface area contributed by atoms with E-state index < -0.39 is 11.0 Å². The molecule has 0 amide bonds. The second kappa shape index (κ2) is 5.07. The topological polar surface area (TPSA) is 26.3 Å². The number of benzene rings is 1. The number of Topliss-reactive ketones (excluding diaryl/α,β-unsaturated/α-hetero) is 1. The zero-order valence-electron chi connectivity index (χ0n) is 9.46. The molecule has 1 aromatic carbocycles. The smallest absolute Gasteiger partial charge is 0.230 e. The molecular weight excluding hydrogens is 247 g/mol. The predicted molar refractivity (Wildman–Crippen MR) is 66.2 cm³/mol. The van der Waals surface area contributed by atoms with Crippen LogP contribution in [-0.2, 0) is 4.79 Å². The molecule has 1 atom stereocenters. The van der Waals surface area contributed by atoms with Crippen LogP contribution in [0.1, 0.15) is 20.8 Å². The second-order valence-electron chi connectivity index (χ2n) is 4.48. The molecular formula is C12H14Cl2O2. The molecule has 0 N–H and O–H groups in total. The summed E-state index contributed by atoms with van der Waals surface area (Å²) in [5, 5.41) is 0.440. The Kier molecular flexibility index (Phi) is 4.22. The lowest BCUT2D eigenvalue weighted by Crippen LogP contribution is -2.32. The molecule has 16 heavy (non-hydrogen) atoms. The molecule has 0 aliphatic rings. The molecule has 4 heteroatoms. The molecule has 0 spiro atoms. The van der Waals surface area contributed by atoms with Gasteiger partial charge < -0.3 is 4.74 Å². The summed E-state index contributed by atoms with van der Waals surface area (Å²) >= 11 is 11.8. The van der Waals surface area contributed by atoms with Crippen molar-refractivity contribution in [1.82, 2.24) is 0 Å². The molecule has 0 aliphatic carbocycles. The summed E-state index contributed by atoms with van der Waals surface area (Å²) in [7, 11) is 0. The number of halogens is 2. The molecule has 0 radical (unpaired) electrons. The first kappa shape index (κ1) is 13.3. The largest absolute Gasteiger partial charge is 0.466 e. The van der Waals surface area contributed by atoms with Gasteiger partial charge in [-0.3, -0.25) is 4.79 Å². The van der Waals surface area contributed by atoms with Gasteiger partial charge in [0.15, 0.2) is 5.78 Å². The Morgan fingerprint density at radius 1 is 1.31 bits per heavy atom. The third kappa shape index (κ3) is 3.39. The molecule has 0 aromatic heterocycles. The minimum atomic E-state index is -1.01. The minimum Gasteiger partial charge on any atom is -0.466 e. The normalized spacial score (nSPS) is 13.3. The number of carbonyl (C=O) groups excluding carboxylic acids is 1. The van der Waals surface area contributed by atoms with Gasteiger partial charge in [-0.1, -0.05) is 56.1 Å². The molecule has 1 unspecified atom stereocenters. The molecule has 0 aliphatic heterocycles. The maximum absolute atomic E-state index is 11.8. The van der Waals surface area contributed by atoms with Crippen molar-refractivity contribution in [1.29, 1.82) is 0 Å². The Balaban J connectivity index is 2.76. The van der Waals surface area contributed by atoms with Gasteiger partial charge in [0.25, 0.3) is 0 Å². The fourth-order valence-corrected chi connectivity index (χ4v) is 1.65. The first-order chi connectivity index (χ1) is 7.32. The molecule has 88 valence electrons.